The number of nitrogens with one attached hydrogen (secondary N) is 2. The molecule has 0 bridgehead atoms. The largest absolute Gasteiger partial charge is 0.418 e. The Labute approximate surface area is 152 Å². The van der Waals surface area contributed by atoms with Crippen LogP contribution in [0, 0.1) is 5.92 Å². The molecule has 26 heavy (non-hydrogen) atoms. The number of carbonyl (C=O) groups is 1. The smallest absolute Gasteiger partial charge is 0.378 e. The summed E-state index contributed by atoms with van der Waals surface area (Å²) in [6.07, 6.45) is -3.57. The number of likely N-dealkylation sites (tertiary alicyclic amines) is 1. The summed E-state index contributed by atoms with van der Waals surface area (Å²) < 4.78 is 39.9. The van der Waals surface area contributed by atoms with Gasteiger partial charge in [-0.15, -0.1) is 0 Å². The molecule has 2 amide bonds. The van der Waals surface area contributed by atoms with Crippen molar-refractivity contribution in [1.82, 2.24) is 10.2 Å². The molecule has 1 aliphatic heterocycles. The Kier molecular flexibility index (Phi) is 6.39. The van der Waals surface area contributed by atoms with Crippen molar-refractivity contribution in [2.24, 2.45) is 5.92 Å². The lowest BCUT2D eigenvalue weighted by Gasteiger charge is -2.21. The van der Waals surface area contributed by atoms with Crippen LogP contribution in [0.3, 0.4) is 0 Å². The number of carbonyl (C=O) groups excluding carboxylic acids is 1. The minimum Gasteiger partial charge on any atom is -0.378 e. The summed E-state index contributed by atoms with van der Waals surface area (Å²) in [6.45, 7) is 6.57. The SMILES string of the molecule is CC(C)N1CCC(CNC(=O)Nc2ccc(N(C)C)cc2C(F)(F)F)C1. The number of alkyl halides is 3. The van der Waals surface area contributed by atoms with Crippen LogP contribution in [0.2, 0.25) is 0 Å². The van der Waals surface area contributed by atoms with E-state index < -0.39 is 17.8 Å². The average Bonchev–Trinajstić information content (AvgIpc) is 3.01. The maximum absolute atomic E-state index is 13.3. The van der Waals surface area contributed by atoms with Crippen molar-refractivity contribution in [2.75, 3.05) is 43.9 Å². The highest BCUT2D eigenvalue weighted by Gasteiger charge is 2.34. The molecular formula is C18H27F3N4O. The van der Waals surface area contributed by atoms with Gasteiger partial charge >= 0.3 is 12.2 Å². The molecule has 0 radical (unpaired) electrons. The fourth-order valence-corrected chi connectivity index (χ4v) is 3.06. The zero-order chi connectivity index (χ0) is 19.5. The van der Waals surface area contributed by atoms with E-state index >= 15 is 0 Å². The molecule has 1 aromatic carbocycles. The number of amides is 2. The van der Waals surface area contributed by atoms with Crippen LogP contribution < -0.4 is 15.5 Å². The molecule has 1 unspecified atom stereocenters. The van der Waals surface area contributed by atoms with Gasteiger partial charge in [-0.3, -0.25) is 0 Å². The molecule has 8 heteroatoms. The van der Waals surface area contributed by atoms with E-state index in [0.29, 0.717) is 24.2 Å². The monoisotopic (exact) mass is 372 g/mol. The minimum absolute atomic E-state index is 0.240. The summed E-state index contributed by atoms with van der Waals surface area (Å²) in [5, 5.41) is 5.03. The van der Waals surface area contributed by atoms with Crippen LogP contribution in [-0.2, 0) is 6.18 Å². The van der Waals surface area contributed by atoms with Crippen LogP contribution in [0.4, 0.5) is 29.3 Å². The van der Waals surface area contributed by atoms with E-state index in [0.717, 1.165) is 25.6 Å². The lowest BCUT2D eigenvalue weighted by molar-refractivity contribution is -0.136. The normalized spacial score (nSPS) is 18.2. The number of halogens is 3. The molecule has 5 nitrogen and oxygen atoms in total. The van der Waals surface area contributed by atoms with Crippen molar-refractivity contribution >= 4 is 17.4 Å². The van der Waals surface area contributed by atoms with E-state index in [4.69, 9.17) is 0 Å². The van der Waals surface area contributed by atoms with Crippen molar-refractivity contribution in [3.8, 4) is 0 Å². The molecule has 1 saturated heterocycles. The molecule has 1 aliphatic rings. The van der Waals surface area contributed by atoms with E-state index in [1.165, 1.54) is 6.07 Å². The third-order valence-electron chi connectivity index (χ3n) is 4.67. The van der Waals surface area contributed by atoms with Crippen LogP contribution in [0.5, 0.6) is 0 Å². The molecule has 0 aromatic heterocycles. The minimum atomic E-state index is -4.54. The van der Waals surface area contributed by atoms with Crippen LogP contribution >= 0.6 is 0 Å². The predicted octanol–water partition coefficient (Wildman–Crippen LogP) is 3.62. The van der Waals surface area contributed by atoms with Gasteiger partial charge in [0.1, 0.15) is 0 Å². The first-order valence-corrected chi connectivity index (χ1v) is 8.75. The van der Waals surface area contributed by atoms with Crippen LogP contribution in [0.15, 0.2) is 18.2 Å². The molecule has 1 aromatic rings. The molecular weight excluding hydrogens is 345 g/mol. The van der Waals surface area contributed by atoms with Crippen LogP contribution in [0.1, 0.15) is 25.8 Å². The van der Waals surface area contributed by atoms with Gasteiger partial charge in [-0.2, -0.15) is 13.2 Å². The lowest BCUT2D eigenvalue weighted by atomic mass is 10.1. The fourth-order valence-electron chi connectivity index (χ4n) is 3.06. The first kappa shape index (κ1) is 20.4. The van der Waals surface area contributed by atoms with Crippen LogP contribution in [-0.4, -0.2) is 50.7 Å². The van der Waals surface area contributed by atoms with Crippen molar-refractivity contribution in [1.29, 1.82) is 0 Å². The number of nitrogens with zero attached hydrogens (tertiary/aromatic N) is 2. The molecule has 1 heterocycles. The van der Waals surface area contributed by atoms with Gasteiger partial charge in [0.15, 0.2) is 0 Å². The number of benzene rings is 1. The second-order valence-electron chi connectivity index (χ2n) is 7.20. The van der Waals surface area contributed by atoms with Crippen molar-refractivity contribution in [3.05, 3.63) is 23.8 Å². The van der Waals surface area contributed by atoms with Crippen molar-refractivity contribution in [3.63, 3.8) is 0 Å². The number of urea groups is 1. The molecule has 2 N–H and O–H groups in total. The van der Waals surface area contributed by atoms with Gasteiger partial charge in [-0.1, -0.05) is 0 Å². The average molecular weight is 372 g/mol. The molecule has 1 fully saturated rings. The van der Waals surface area contributed by atoms with Crippen LogP contribution in [0.25, 0.3) is 0 Å². The molecule has 2 rings (SSSR count). The summed E-state index contributed by atoms with van der Waals surface area (Å²) in [5.74, 6) is 0.321. The molecule has 0 saturated carbocycles. The van der Waals surface area contributed by atoms with E-state index in [9.17, 15) is 18.0 Å². The molecule has 1 atom stereocenters. The number of anilines is 2. The standard InChI is InChI=1S/C18H27F3N4O/c1-12(2)25-8-7-13(11-25)10-22-17(26)23-16-6-5-14(24(3)4)9-15(16)18(19,20)21/h5-6,9,12-13H,7-8,10-11H2,1-4H3,(H2,22,23,26). The van der Waals surface area contributed by atoms with Gasteiger partial charge in [0, 0.05) is 38.9 Å². The molecule has 0 spiro atoms. The van der Waals surface area contributed by atoms with Crippen molar-refractivity contribution in [2.45, 2.75) is 32.5 Å². The lowest BCUT2D eigenvalue weighted by Crippen LogP contribution is -2.35. The number of hydrogen-bond acceptors (Lipinski definition) is 3. The maximum Gasteiger partial charge on any atom is 0.418 e. The van der Waals surface area contributed by atoms with Gasteiger partial charge in [0.2, 0.25) is 0 Å². The second-order valence-corrected chi connectivity index (χ2v) is 7.20. The summed E-state index contributed by atoms with van der Waals surface area (Å²) >= 11 is 0. The Balaban J connectivity index is 1.98. The Bertz CT molecular complexity index is 631. The van der Waals surface area contributed by atoms with E-state index in [2.05, 4.69) is 29.4 Å². The van der Waals surface area contributed by atoms with Gasteiger partial charge in [-0.05, 0) is 50.9 Å². The van der Waals surface area contributed by atoms with E-state index in [1.807, 2.05) is 0 Å². The Morgan fingerprint density at radius 3 is 2.58 bits per heavy atom. The van der Waals surface area contributed by atoms with E-state index in [1.54, 1.807) is 25.1 Å². The third-order valence-corrected chi connectivity index (χ3v) is 4.67. The number of hydrogen-bond donors (Lipinski definition) is 2. The summed E-state index contributed by atoms with van der Waals surface area (Å²) in [5.41, 5.74) is -0.676. The second kappa shape index (κ2) is 8.16. The molecule has 0 aliphatic carbocycles. The fraction of sp³-hybridized carbons (Fsp3) is 0.611. The quantitative estimate of drug-likeness (QED) is 0.830. The summed E-state index contributed by atoms with van der Waals surface area (Å²) in [7, 11) is 3.33. The Hall–Kier alpha value is -1.96. The first-order valence-electron chi connectivity index (χ1n) is 8.75. The first-order chi connectivity index (χ1) is 12.1. The summed E-state index contributed by atoms with van der Waals surface area (Å²) in [4.78, 5) is 16.0. The highest BCUT2D eigenvalue weighted by Crippen LogP contribution is 2.37. The third kappa shape index (κ3) is 5.27. The highest BCUT2D eigenvalue weighted by atomic mass is 19.4. The number of rotatable bonds is 5. The summed E-state index contributed by atoms with van der Waals surface area (Å²) in [6, 6.07) is 3.71. The van der Waals surface area contributed by atoms with Gasteiger partial charge in [0.25, 0.3) is 0 Å². The van der Waals surface area contributed by atoms with Gasteiger partial charge in [0.05, 0.1) is 11.3 Å². The highest BCUT2D eigenvalue weighted by molar-refractivity contribution is 5.90. The van der Waals surface area contributed by atoms with Crippen molar-refractivity contribution < 1.29 is 18.0 Å². The zero-order valence-electron chi connectivity index (χ0n) is 15.7. The topological polar surface area (TPSA) is 47.6 Å². The predicted molar refractivity (Wildman–Crippen MR) is 97.6 cm³/mol. The zero-order valence-corrected chi connectivity index (χ0v) is 15.7. The Morgan fingerprint density at radius 1 is 1.35 bits per heavy atom. The van der Waals surface area contributed by atoms with E-state index in [-0.39, 0.29) is 5.69 Å². The maximum atomic E-state index is 13.3. The van der Waals surface area contributed by atoms with Gasteiger partial charge < -0.3 is 20.4 Å². The van der Waals surface area contributed by atoms with Gasteiger partial charge in [-0.25, -0.2) is 4.79 Å². The Morgan fingerprint density at radius 2 is 2.04 bits per heavy atom. The molecule has 146 valence electrons.